The molecule has 0 aliphatic rings. The molecule has 0 aromatic heterocycles. The summed E-state index contributed by atoms with van der Waals surface area (Å²) in [5, 5.41) is 11.8. The number of likely N-dealkylation sites (N-methyl/N-ethyl adjacent to an activating group) is 1. The molecule has 0 aliphatic carbocycles. The third-order valence-corrected chi connectivity index (χ3v) is 12.2. The van der Waals surface area contributed by atoms with Gasteiger partial charge in [0.15, 0.2) is 12.4 Å². The summed E-state index contributed by atoms with van der Waals surface area (Å²) in [6.07, 6.45) is 75.3. The number of allylic oxidation sites excluding steroid dienone is 20. The molecule has 0 aromatic rings. The van der Waals surface area contributed by atoms with Gasteiger partial charge in [0.1, 0.15) is 13.2 Å². The molecule has 0 rings (SSSR count). The Morgan fingerprint density at radius 3 is 1.07 bits per heavy atom. The lowest BCUT2D eigenvalue weighted by Crippen LogP contribution is -2.44. The lowest BCUT2D eigenvalue weighted by molar-refractivity contribution is -0.870. The van der Waals surface area contributed by atoms with Crippen molar-refractivity contribution in [1.82, 2.24) is 0 Å². The number of carboxylic acids is 1. The Hall–Kier alpha value is -4.31. The second-order valence-corrected chi connectivity index (χ2v) is 20.5. The molecular weight excluding hydrogens is 935 g/mol. The minimum Gasteiger partial charge on any atom is -0.545 e. The number of carbonyl (C=O) groups is 3. The van der Waals surface area contributed by atoms with E-state index in [2.05, 4.69) is 135 Å². The number of aliphatic carboxylic acids is 1. The van der Waals surface area contributed by atoms with Crippen molar-refractivity contribution in [3.63, 3.8) is 0 Å². The summed E-state index contributed by atoms with van der Waals surface area (Å²) < 4.78 is 22.7. The maximum absolute atomic E-state index is 12.9. The van der Waals surface area contributed by atoms with Gasteiger partial charge in [-0.25, -0.2) is 0 Å². The third kappa shape index (κ3) is 57.2. The van der Waals surface area contributed by atoms with Gasteiger partial charge < -0.3 is 33.3 Å². The molecule has 2 unspecified atom stereocenters. The molecule has 0 spiro atoms. The standard InChI is InChI=1S/C66H109NO8/c1-6-8-10-12-14-16-18-20-22-24-26-28-29-30-31-32-33-34-35-37-39-41-43-45-47-49-51-53-55-57-64(69)75-62(61-74-66(65(70)71)72-59-58-67(3,4)5)60-73-63(68)56-54-52-50-48-46-44-42-40-38-36-27-25-23-21-19-17-15-13-11-9-7-2/h8-11,14-17,20-23,26-28,30-31,36,40,42,62,66H,6-7,12-13,18-19,24-25,29,32-35,37-39,41,43-61H2,1-5H3/b10-8-,11-9-,16-14-,17-15-,22-20-,23-21-,28-26-,31-30-,36-27-,42-40-. The number of rotatable bonds is 53. The smallest absolute Gasteiger partial charge is 0.306 e. The van der Waals surface area contributed by atoms with Crippen LogP contribution in [0.3, 0.4) is 0 Å². The van der Waals surface area contributed by atoms with Crippen molar-refractivity contribution < 1.29 is 42.9 Å². The minimum absolute atomic E-state index is 0.138. The first-order valence-corrected chi connectivity index (χ1v) is 29.7. The van der Waals surface area contributed by atoms with Gasteiger partial charge in [0, 0.05) is 12.8 Å². The van der Waals surface area contributed by atoms with Crippen LogP contribution < -0.4 is 5.11 Å². The Bertz CT molecular complexity index is 1640. The minimum atomic E-state index is -1.63. The maximum Gasteiger partial charge on any atom is 0.306 e. The van der Waals surface area contributed by atoms with E-state index in [9.17, 15) is 19.5 Å². The number of unbranched alkanes of at least 4 members (excludes halogenated alkanes) is 18. The highest BCUT2D eigenvalue weighted by Gasteiger charge is 2.22. The van der Waals surface area contributed by atoms with Crippen molar-refractivity contribution in [2.75, 3.05) is 47.5 Å². The number of carbonyl (C=O) groups excluding carboxylic acids is 3. The van der Waals surface area contributed by atoms with Crippen LogP contribution in [0.1, 0.15) is 219 Å². The summed E-state index contributed by atoms with van der Waals surface area (Å²) in [4.78, 5) is 37.3. The zero-order valence-electron chi connectivity index (χ0n) is 48.4. The highest BCUT2D eigenvalue weighted by molar-refractivity contribution is 5.70. The topological polar surface area (TPSA) is 111 Å². The SMILES string of the molecule is CC/C=C\C/C=C\C/C=C\C/C=C\C/C=C\CCCCCCCCCCCCCCCC(=O)OC(COC(=O)CCCCCCC/C=C\C/C=C\C/C=C\C/C=C\C/C=C\CC)COC(OCC[N+](C)(C)C)C(=O)[O-]. The van der Waals surface area contributed by atoms with Crippen molar-refractivity contribution >= 4 is 17.9 Å². The van der Waals surface area contributed by atoms with Gasteiger partial charge in [0.05, 0.1) is 40.3 Å². The Morgan fingerprint density at radius 1 is 0.400 bits per heavy atom. The van der Waals surface area contributed by atoms with E-state index in [1.54, 1.807) is 0 Å². The van der Waals surface area contributed by atoms with Crippen molar-refractivity contribution in [1.29, 1.82) is 0 Å². The second kappa shape index (κ2) is 55.9. The van der Waals surface area contributed by atoms with E-state index in [1.807, 2.05) is 21.1 Å². The van der Waals surface area contributed by atoms with Gasteiger partial charge >= 0.3 is 11.9 Å². The maximum atomic E-state index is 12.9. The van der Waals surface area contributed by atoms with Gasteiger partial charge in [0.2, 0.25) is 0 Å². The fourth-order valence-corrected chi connectivity index (χ4v) is 7.71. The summed E-state index contributed by atoms with van der Waals surface area (Å²) >= 11 is 0. The molecule has 426 valence electrons. The molecule has 0 N–H and O–H groups in total. The van der Waals surface area contributed by atoms with Crippen LogP contribution in [-0.4, -0.2) is 82.3 Å². The molecule has 0 saturated carbocycles. The fourth-order valence-electron chi connectivity index (χ4n) is 7.71. The average molecular weight is 1040 g/mol. The van der Waals surface area contributed by atoms with Crippen molar-refractivity contribution in [2.45, 2.75) is 232 Å². The highest BCUT2D eigenvalue weighted by atomic mass is 16.7. The predicted molar refractivity (Wildman–Crippen MR) is 315 cm³/mol. The van der Waals surface area contributed by atoms with Gasteiger partial charge in [-0.2, -0.15) is 0 Å². The van der Waals surface area contributed by atoms with Gasteiger partial charge in [0.25, 0.3) is 0 Å². The average Bonchev–Trinajstić information content (AvgIpc) is 3.38. The monoisotopic (exact) mass is 1040 g/mol. The number of hydrogen-bond acceptors (Lipinski definition) is 8. The molecule has 0 aromatic carbocycles. The van der Waals surface area contributed by atoms with Crippen LogP contribution >= 0.6 is 0 Å². The molecular formula is C66H109NO8. The quantitative estimate of drug-likeness (QED) is 0.0195. The number of carboxylic acid groups (broad SMARTS) is 1. The normalized spacial score (nSPS) is 13.7. The first kappa shape index (κ1) is 70.7. The molecule has 9 heteroatoms. The molecule has 9 nitrogen and oxygen atoms in total. The van der Waals surface area contributed by atoms with E-state index < -0.39 is 24.3 Å². The molecule has 0 fully saturated rings. The molecule has 0 bridgehead atoms. The molecule has 0 radical (unpaired) electrons. The van der Waals surface area contributed by atoms with Crippen LogP contribution in [0.5, 0.6) is 0 Å². The third-order valence-electron chi connectivity index (χ3n) is 12.2. The van der Waals surface area contributed by atoms with E-state index in [4.69, 9.17) is 18.9 Å². The van der Waals surface area contributed by atoms with E-state index in [0.29, 0.717) is 23.9 Å². The van der Waals surface area contributed by atoms with Crippen LogP contribution in [0.2, 0.25) is 0 Å². The predicted octanol–water partition coefficient (Wildman–Crippen LogP) is 16.3. The molecule has 75 heavy (non-hydrogen) atoms. The summed E-state index contributed by atoms with van der Waals surface area (Å²) in [6, 6.07) is 0. The Morgan fingerprint density at radius 2 is 0.720 bits per heavy atom. The number of quaternary nitrogens is 1. The molecule has 0 saturated heterocycles. The van der Waals surface area contributed by atoms with Gasteiger partial charge in [-0.1, -0.05) is 225 Å². The van der Waals surface area contributed by atoms with Gasteiger partial charge in [-0.3, -0.25) is 9.59 Å². The van der Waals surface area contributed by atoms with Gasteiger partial charge in [-0.05, 0) is 103 Å². The highest BCUT2D eigenvalue weighted by Crippen LogP contribution is 2.15. The van der Waals surface area contributed by atoms with Crippen LogP contribution in [0.25, 0.3) is 0 Å². The lowest BCUT2D eigenvalue weighted by Gasteiger charge is -2.26. The summed E-state index contributed by atoms with van der Waals surface area (Å²) in [7, 11) is 5.91. The first-order valence-electron chi connectivity index (χ1n) is 29.7. The second-order valence-electron chi connectivity index (χ2n) is 20.5. The molecule has 0 amide bonds. The van der Waals surface area contributed by atoms with Gasteiger partial charge in [-0.15, -0.1) is 0 Å². The van der Waals surface area contributed by atoms with E-state index in [1.165, 1.54) is 64.2 Å². The largest absolute Gasteiger partial charge is 0.545 e. The fraction of sp³-hybridized carbons (Fsp3) is 0.652. The van der Waals surface area contributed by atoms with Crippen LogP contribution in [-0.2, 0) is 33.3 Å². The first-order chi connectivity index (χ1) is 36.6. The number of hydrogen-bond donors (Lipinski definition) is 0. The zero-order valence-corrected chi connectivity index (χ0v) is 48.4. The number of esters is 2. The number of ether oxygens (including phenoxy) is 4. The van der Waals surface area contributed by atoms with Crippen LogP contribution in [0.4, 0.5) is 0 Å². The van der Waals surface area contributed by atoms with E-state index in [-0.39, 0.29) is 38.6 Å². The Balaban J connectivity index is 4.27. The van der Waals surface area contributed by atoms with E-state index >= 15 is 0 Å². The molecule has 0 heterocycles. The lowest BCUT2D eigenvalue weighted by atomic mass is 10.0. The van der Waals surface area contributed by atoms with Crippen LogP contribution in [0, 0.1) is 0 Å². The van der Waals surface area contributed by atoms with Crippen molar-refractivity contribution in [2.24, 2.45) is 0 Å². The van der Waals surface area contributed by atoms with Crippen molar-refractivity contribution in [3.8, 4) is 0 Å². The molecule has 2 atom stereocenters. The molecule has 0 aliphatic heterocycles. The summed E-state index contributed by atoms with van der Waals surface area (Å²) in [5.41, 5.74) is 0. The van der Waals surface area contributed by atoms with Crippen LogP contribution in [0.15, 0.2) is 122 Å². The number of nitrogens with zero attached hydrogens (tertiary/aromatic N) is 1. The van der Waals surface area contributed by atoms with E-state index in [0.717, 1.165) is 116 Å². The Labute approximate surface area is 459 Å². The zero-order chi connectivity index (χ0) is 54.8. The van der Waals surface area contributed by atoms with Crippen molar-refractivity contribution in [3.05, 3.63) is 122 Å². The Kier molecular flexibility index (Phi) is 52.7. The summed E-state index contributed by atoms with van der Waals surface area (Å²) in [6.45, 7) is 4.49. The summed E-state index contributed by atoms with van der Waals surface area (Å²) in [5.74, 6) is -2.32.